The molecule has 0 aromatic heterocycles. The van der Waals surface area contributed by atoms with E-state index in [0.29, 0.717) is 12.5 Å². The highest BCUT2D eigenvalue weighted by atomic mass is 28.4. The molecule has 0 aromatic rings. The second-order valence-corrected chi connectivity index (χ2v) is 6.85. The lowest BCUT2D eigenvalue weighted by atomic mass is 10.5. The van der Waals surface area contributed by atoms with E-state index in [2.05, 4.69) is 4.74 Å². The van der Waals surface area contributed by atoms with Gasteiger partial charge < -0.3 is 8.84 Å². The zero-order valence-electron chi connectivity index (χ0n) is 6.69. The standard InChI is InChI=1S/C6H12F2O2Si/c1-11(2,8)5-3-4-10-6(7)9/h3-5H2,1-2H3. The molecule has 0 aliphatic carbocycles. The SMILES string of the molecule is C[Si](C)(F)CCCOC(=O)F. The molecule has 0 aromatic carbocycles. The van der Waals surface area contributed by atoms with Gasteiger partial charge in [0.2, 0.25) is 8.41 Å². The summed E-state index contributed by atoms with van der Waals surface area (Å²) in [4.78, 5) is 9.60. The molecule has 0 unspecified atom stereocenters. The van der Waals surface area contributed by atoms with Crippen molar-refractivity contribution in [3.63, 3.8) is 0 Å². The van der Waals surface area contributed by atoms with E-state index in [1.54, 1.807) is 13.1 Å². The zero-order valence-corrected chi connectivity index (χ0v) is 7.69. The van der Waals surface area contributed by atoms with Crippen molar-refractivity contribution in [3.05, 3.63) is 0 Å². The van der Waals surface area contributed by atoms with E-state index in [-0.39, 0.29) is 6.61 Å². The smallest absolute Gasteiger partial charge is 0.440 e. The molecule has 66 valence electrons. The number of hydrogen-bond acceptors (Lipinski definition) is 2. The monoisotopic (exact) mass is 182 g/mol. The van der Waals surface area contributed by atoms with Crippen LogP contribution in [0.15, 0.2) is 0 Å². The second kappa shape index (κ2) is 4.43. The molecular weight excluding hydrogens is 170 g/mol. The van der Waals surface area contributed by atoms with Crippen molar-refractivity contribution >= 4 is 14.6 Å². The molecule has 0 radical (unpaired) electrons. The average molecular weight is 182 g/mol. The van der Waals surface area contributed by atoms with Crippen molar-refractivity contribution in [2.24, 2.45) is 0 Å². The highest BCUT2D eigenvalue weighted by Crippen LogP contribution is 2.12. The Hall–Kier alpha value is -0.453. The van der Waals surface area contributed by atoms with Crippen LogP contribution in [0.1, 0.15) is 6.42 Å². The molecule has 0 aliphatic heterocycles. The Morgan fingerprint density at radius 1 is 1.55 bits per heavy atom. The van der Waals surface area contributed by atoms with Gasteiger partial charge in [-0.3, -0.25) is 0 Å². The van der Waals surface area contributed by atoms with Crippen LogP contribution in [0, 0.1) is 0 Å². The Labute approximate surface area is 65.7 Å². The fourth-order valence-electron chi connectivity index (χ4n) is 0.645. The first-order valence-electron chi connectivity index (χ1n) is 3.43. The first-order chi connectivity index (χ1) is 4.92. The van der Waals surface area contributed by atoms with Crippen molar-refractivity contribution in [2.45, 2.75) is 25.6 Å². The molecular formula is C6H12F2O2Si. The molecule has 0 rings (SSSR count). The molecule has 0 amide bonds. The van der Waals surface area contributed by atoms with Crippen LogP contribution in [0.4, 0.5) is 13.3 Å². The number of rotatable bonds is 4. The predicted octanol–water partition coefficient (Wildman–Crippen LogP) is 2.66. The molecule has 2 nitrogen and oxygen atoms in total. The van der Waals surface area contributed by atoms with E-state index in [9.17, 15) is 13.3 Å². The van der Waals surface area contributed by atoms with Gasteiger partial charge in [0.15, 0.2) is 0 Å². The number of ether oxygens (including phenoxy) is 1. The summed E-state index contributed by atoms with van der Waals surface area (Å²) in [6.07, 6.45) is -1.38. The van der Waals surface area contributed by atoms with Gasteiger partial charge in [-0.1, -0.05) is 0 Å². The lowest BCUT2D eigenvalue weighted by molar-refractivity contribution is 0.120. The molecule has 0 fully saturated rings. The van der Waals surface area contributed by atoms with Crippen molar-refractivity contribution in [1.82, 2.24) is 0 Å². The fraction of sp³-hybridized carbons (Fsp3) is 0.833. The van der Waals surface area contributed by atoms with E-state index in [1.807, 2.05) is 0 Å². The van der Waals surface area contributed by atoms with Crippen molar-refractivity contribution in [1.29, 1.82) is 0 Å². The highest BCUT2D eigenvalue weighted by molar-refractivity contribution is 6.70. The largest absolute Gasteiger partial charge is 0.495 e. The Bertz CT molecular complexity index is 133. The quantitative estimate of drug-likeness (QED) is 0.289. The lowest BCUT2D eigenvalue weighted by Crippen LogP contribution is -2.18. The normalized spacial score (nSPS) is 11.3. The topological polar surface area (TPSA) is 26.3 Å². The summed E-state index contributed by atoms with van der Waals surface area (Å²) in [7, 11) is -2.54. The third-order valence-corrected chi connectivity index (χ3v) is 2.67. The summed E-state index contributed by atoms with van der Waals surface area (Å²) in [5.74, 6) is 0. The third kappa shape index (κ3) is 9.55. The van der Waals surface area contributed by atoms with Crippen LogP contribution in [-0.2, 0) is 4.74 Å². The fourth-order valence-corrected chi connectivity index (χ4v) is 1.63. The summed E-state index contributed by atoms with van der Waals surface area (Å²) >= 11 is 0. The van der Waals surface area contributed by atoms with Gasteiger partial charge >= 0.3 is 6.22 Å². The number of halogens is 2. The van der Waals surface area contributed by atoms with Crippen molar-refractivity contribution < 1.29 is 18.0 Å². The maximum absolute atomic E-state index is 12.8. The van der Waals surface area contributed by atoms with Crippen molar-refractivity contribution in [3.8, 4) is 0 Å². The zero-order chi connectivity index (χ0) is 8.91. The van der Waals surface area contributed by atoms with Gasteiger partial charge in [-0.05, 0) is 25.6 Å². The molecule has 0 aliphatic rings. The van der Waals surface area contributed by atoms with Crippen LogP contribution >= 0.6 is 0 Å². The number of hydrogen-bond donors (Lipinski definition) is 0. The summed E-state index contributed by atoms with van der Waals surface area (Å²) in [6.45, 7) is 3.10. The lowest BCUT2D eigenvalue weighted by Gasteiger charge is -2.08. The summed E-state index contributed by atoms with van der Waals surface area (Å²) in [6, 6.07) is 0.403. The van der Waals surface area contributed by atoms with Crippen LogP contribution in [0.3, 0.4) is 0 Å². The predicted molar refractivity (Wildman–Crippen MR) is 40.5 cm³/mol. The van der Waals surface area contributed by atoms with E-state index >= 15 is 0 Å². The van der Waals surface area contributed by atoms with Crippen LogP contribution < -0.4 is 0 Å². The van der Waals surface area contributed by atoms with Gasteiger partial charge in [0, 0.05) is 0 Å². The molecule has 0 saturated heterocycles. The van der Waals surface area contributed by atoms with Gasteiger partial charge in [-0.2, -0.15) is 0 Å². The maximum Gasteiger partial charge on any atom is 0.495 e. The number of carbonyl (C=O) groups excluding carboxylic acids is 1. The molecule has 11 heavy (non-hydrogen) atoms. The van der Waals surface area contributed by atoms with Gasteiger partial charge in [0.1, 0.15) is 0 Å². The molecule has 0 saturated carbocycles. The van der Waals surface area contributed by atoms with Crippen LogP contribution in [-0.4, -0.2) is 21.2 Å². The van der Waals surface area contributed by atoms with Crippen LogP contribution in [0.2, 0.25) is 19.1 Å². The molecule has 0 bridgehead atoms. The van der Waals surface area contributed by atoms with E-state index in [1.165, 1.54) is 0 Å². The molecule has 0 atom stereocenters. The summed E-state index contributed by atoms with van der Waals surface area (Å²) in [5.41, 5.74) is 0. The third-order valence-electron chi connectivity index (χ3n) is 1.13. The molecule has 0 N–H and O–H groups in total. The van der Waals surface area contributed by atoms with Crippen LogP contribution in [0.25, 0.3) is 0 Å². The average Bonchev–Trinajstić information content (AvgIpc) is 1.78. The Balaban J connectivity index is 3.22. The highest BCUT2D eigenvalue weighted by Gasteiger charge is 2.19. The molecule has 5 heteroatoms. The Morgan fingerprint density at radius 2 is 2.09 bits per heavy atom. The van der Waals surface area contributed by atoms with E-state index < -0.39 is 14.6 Å². The molecule has 0 heterocycles. The van der Waals surface area contributed by atoms with Gasteiger partial charge in [0.25, 0.3) is 0 Å². The Morgan fingerprint density at radius 3 is 2.45 bits per heavy atom. The molecule has 0 spiro atoms. The maximum atomic E-state index is 12.8. The minimum absolute atomic E-state index is 0.0182. The summed E-state index contributed by atoms with van der Waals surface area (Å²) in [5, 5.41) is 0. The van der Waals surface area contributed by atoms with Crippen molar-refractivity contribution in [2.75, 3.05) is 6.61 Å². The van der Waals surface area contributed by atoms with E-state index in [4.69, 9.17) is 0 Å². The summed E-state index contributed by atoms with van der Waals surface area (Å²) < 4.78 is 28.2. The van der Waals surface area contributed by atoms with Crippen LogP contribution in [0.5, 0.6) is 0 Å². The minimum Gasteiger partial charge on any atom is -0.440 e. The van der Waals surface area contributed by atoms with Gasteiger partial charge in [-0.25, -0.2) is 4.79 Å². The second-order valence-electron chi connectivity index (χ2n) is 2.91. The van der Waals surface area contributed by atoms with E-state index in [0.717, 1.165) is 0 Å². The number of carbonyl (C=O) groups is 1. The first kappa shape index (κ1) is 10.5. The van der Waals surface area contributed by atoms with Gasteiger partial charge in [-0.15, -0.1) is 4.39 Å². The first-order valence-corrected chi connectivity index (χ1v) is 6.51. The Kier molecular flexibility index (Phi) is 4.25. The minimum atomic E-state index is -2.54. The van der Waals surface area contributed by atoms with Gasteiger partial charge in [0.05, 0.1) is 6.61 Å².